The average Bonchev–Trinajstić information content (AvgIpc) is 3.02. The van der Waals surface area contributed by atoms with Crippen LogP contribution in [0.1, 0.15) is 22.7 Å². The number of aryl methyl sites for hydroxylation is 2. The minimum absolute atomic E-state index is 0.0873. The lowest BCUT2D eigenvalue weighted by molar-refractivity contribution is -0.167. The van der Waals surface area contributed by atoms with Gasteiger partial charge in [-0.25, -0.2) is 0 Å². The van der Waals surface area contributed by atoms with Gasteiger partial charge < -0.3 is 14.5 Å². The molecule has 3 rings (SSSR count). The number of amides is 2. The second-order valence-electron chi connectivity index (χ2n) is 6.75. The molecule has 7 nitrogen and oxygen atoms in total. The molecule has 0 N–H and O–H groups in total. The summed E-state index contributed by atoms with van der Waals surface area (Å²) in [5.74, 6) is -0.279. The number of hydrogen-bond acceptors (Lipinski definition) is 4. The number of nitrogens with zero attached hydrogens (tertiary/aromatic N) is 4. The Labute approximate surface area is 153 Å². The van der Waals surface area contributed by atoms with Gasteiger partial charge in [0.2, 0.25) is 5.91 Å². The zero-order chi connectivity index (χ0) is 18.8. The molecule has 2 heterocycles. The van der Waals surface area contributed by atoms with Gasteiger partial charge in [0.1, 0.15) is 6.61 Å². The largest absolute Gasteiger partial charge is 0.356 e. The quantitative estimate of drug-likeness (QED) is 0.828. The second kappa shape index (κ2) is 7.29. The van der Waals surface area contributed by atoms with Crippen molar-refractivity contribution in [3.8, 4) is 0 Å². The Hall–Kier alpha value is -2.67. The van der Waals surface area contributed by atoms with Crippen LogP contribution in [0.25, 0.3) is 0 Å². The van der Waals surface area contributed by atoms with Crippen LogP contribution in [0.5, 0.6) is 0 Å². The SMILES string of the molecule is Cc1ccccc1C1C(C(=O)N(C)Cc2cnn(C)c2)OCC(=O)N1C. The fourth-order valence-corrected chi connectivity index (χ4v) is 3.33. The van der Waals surface area contributed by atoms with Gasteiger partial charge in [0.05, 0.1) is 12.2 Å². The number of hydrogen-bond donors (Lipinski definition) is 0. The third kappa shape index (κ3) is 3.48. The summed E-state index contributed by atoms with van der Waals surface area (Å²) in [6.07, 6.45) is 2.88. The monoisotopic (exact) mass is 356 g/mol. The van der Waals surface area contributed by atoms with Crippen molar-refractivity contribution >= 4 is 11.8 Å². The summed E-state index contributed by atoms with van der Waals surface area (Å²) in [7, 11) is 5.30. The van der Waals surface area contributed by atoms with Crippen LogP contribution >= 0.6 is 0 Å². The first kappa shape index (κ1) is 18.1. The van der Waals surface area contributed by atoms with Crippen molar-refractivity contribution in [2.75, 3.05) is 20.7 Å². The minimum Gasteiger partial charge on any atom is -0.356 e. The number of aromatic nitrogens is 2. The predicted molar refractivity (Wildman–Crippen MR) is 96.1 cm³/mol. The number of benzene rings is 1. The molecule has 26 heavy (non-hydrogen) atoms. The molecule has 1 fully saturated rings. The first-order chi connectivity index (χ1) is 12.4. The minimum atomic E-state index is -0.736. The fourth-order valence-electron chi connectivity index (χ4n) is 3.33. The van der Waals surface area contributed by atoms with E-state index in [0.717, 1.165) is 16.7 Å². The van der Waals surface area contributed by atoms with Gasteiger partial charge >= 0.3 is 0 Å². The molecule has 1 aliphatic rings. The van der Waals surface area contributed by atoms with Crippen LogP contribution in [0.3, 0.4) is 0 Å². The highest BCUT2D eigenvalue weighted by atomic mass is 16.5. The Morgan fingerprint density at radius 2 is 2.08 bits per heavy atom. The van der Waals surface area contributed by atoms with Gasteiger partial charge in [-0.05, 0) is 18.1 Å². The number of rotatable bonds is 4. The van der Waals surface area contributed by atoms with E-state index in [1.165, 1.54) is 0 Å². The topological polar surface area (TPSA) is 67.7 Å². The van der Waals surface area contributed by atoms with E-state index in [9.17, 15) is 9.59 Å². The molecule has 2 atom stereocenters. The summed E-state index contributed by atoms with van der Waals surface area (Å²) in [5.41, 5.74) is 2.89. The van der Waals surface area contributed by atoms with Gasteiger partial charge in [0.15, 0.2) is 6.10 Å². The molecular formula is C19H24N4O3. The Balaban J connectivity index is 1.86. The van der Waals surface area contributed by atoms with E-state index in [2.05, 4.69) is 5.10 Å². The van der Waals surface area contributed by atoms with E-state index >= 15 is 0 Å². The van der Waals surface area contributed by atoms with Crippen LogP contribution in [0.4, 0.5) is 0 Å². The van der Waals surface area contributed by atoms with E-state index in [1.54, 1.807) is 34.8 Å². The fraction of sp³-hybridized carbons (Fsp3) is 0.421. The van der Waals surface area contributed by atoms with E-state index in [-0.39, 0.29) is 18.4 Å². The number of ether oxygens (including phenoxy) is 1. The summed E-state index contributed by atoms with van der Waals surface area (Å²) >= 11 is 0. The molecule has 2 aromatic rings. The summed E-state index contributed by atoms with van der Waals surface area (Å²) in [6, 6.07) is 7.33. The van der Waals surface area contributed by atoms with E-state index < -0.39 is 12.1 Å². The first-order valence-corrected chi connectivity index (χ1v) is 8.53. The summed E-state index contributed by atoms with van der Waals surface area (Å²) < 4.78 is 7.41. The Bertz CT molecular complexity index is 817. The third-order valence-electron chi connectivity index (χ3n) is 4.79. The van der Waals surface area contributed by atoms with Gasteiger partial charge in [-0.1, -0.05) is 24.3 Å². The molecule has 0 spiro atoms. The Morgan fingerprint density at radius 3 is 2.73 bits per heavy atom. The highest BCUT2D eigenvalue weighted by Gasteiger charge is 2.41. The molecule has 7 heteroatoms. The van der Waals surface area contributed by atoms with Crippen LogP contribution < -0.4 is 0 Å². The maximum absolute atomic E-state index is 13.1. The normalized spacial score (nSPS) is 20.3. The van der Waals surface area contributed by atoms with Crippen molar-refractivity contribution < 1.29 is 14.3 Å². The van der Waals surface area contributed by atoms with Crippen molar-refractivity contribution in [3.63, 3.8) is 0 Å². The molecule has 1 aliphatic heterocycles. The van der Waals surface area contributed by atoms with E-state index in [0.29, 0.717) is 6.54 Å². The molecular weight excluding hydrogens is 332 g/mol. The standard InChI is InChI=1S/C19H24N4O3/c1-13-7-5-6-8-15(13)17-18(26-12-16(24)23(17)4)19(25)21(2)10-14-9-20-22(3)11-14/h5-9,11,17-18H,10,12H2,1-4H3. The van der Waals surface area contributed by atoms with E-state index in [1.807, 2.05) is 44.4 Å². The average molecular weight is 356 g/mol. The van der Waals surface area contributed by atoms with Crippen LogP contribution in [-0.2, 0) is 27.9 Å². The second-order valence-corrected chi connectivity index (χ2v) is 6.75. The lowest BCUT2D eigenvalue weighted by Crippen LogP contribution is -2.53. The van der Waals surface area contributed by atoms with Crippen molar-refractivity contribution in [1.82, 2.24) is 19.6 Å². The first-order valence-electron chi connectivity index (χ1n) is 8.53. The highest BCUT2D eigenvalue weighted by molar-refractivity contribution is 5.86. The molecule has 0 saturated carbocycles. The maximum atomic E-state index is 13.1. The number of likely N-dealkylation sites (N-methyl/N-ethyl adjacent to an activating group) is 2. The summed E-state index contributed by atoms with van der Waals surface area (Å²) in [4.78, 5) is 28.5. The maximum Gasteiger partial charge on any atom is 0.254 e. The van der Waals surface area contributed by atoms with Crippen LogP contribution in [0.2, 0.25) is 0 Å². The van der Waals surface area contributed by atoms with Crippen LogP contribution in [0, 0.1) is 6.92 Å². The lowest BCUT2D eigenvalue weighted by Gasteiger charge is -2.40. The molecule has 0 radical (unpaired) electrons. The highest BCUT2D eigenvalue weighted by Crippen LogP contribution is 2.32. The van der Waals surface area contributed by atoms with Crippen molar-refractivity contribution in [3.05, 3.63) is 53.3 Å². The molecule has 2 amide bonds. The zero-order valence-electron chi connectivity index (χ0n) is 15.5. The van der Waals surface area contributed by atoms with Gasteiger partial charge in [0, 0.05) is 39.4 Å². The Kier molecular flexibility index (Phi) is 5.08. The van der Waals surface area contributed by atoms with Crippen molar-refractivity contribution in [2.24, 2.45) is 7.05 Å². The van der Waals surface area contributed by atoms with Crippen molar-refractivity contribution in [2.45, 2.75) is 25.6 Å². The predicted octanol–water partition coefficient (Wildman–Crippen LogP) is 1.29. The summed E-state index contributed by atoms with van der Waals surface area (Å²) in [6.45, 7) is 2.32. The molecule has 138 valence electrons. The zero-order valence-corrected chi connectivity index (χ0v) is 15.5. The molecule has 1 aromatic heterocycles. The van der Waals surface area contributed by atoms with Gasteiger partial charge in [-0.3, -0.25) is 14.3 Å². The number of carbonyl (C=O) groups is 2. The summed E-state index contributed by atoms with van der Waals surface area (Å²) in [5, 5.41) is 4.13. The van der Waals surface area contributed by atoms with Gasteiger partial charge in [-0.15, -0.1) is 0 Å². The third-order valence-corrected chi connectivity index (χ3v) is 4.79. The molecule has 1 aromatic carbocycles. The number of morpholine rings is 1. The van der Waals surface area contributed by atoms with Crippen LogP contribution in [-0.4, -0.2) is 58.2 Å². The van der Waals surface area contributed by atoms with Gasteiger partial charge in [-0.2, -0.15) is 5.10 Å². The Morgan fingerprint density at radius 1 is 1.35 bits per heavy atom. The molecule has 1 saturated heterocycles. The van der Waals surface area contributed by atoms with Crippen molar-refractivity contribution in [1.29, 1.82) is 0 Å². The lowest BCUT2D eigenvalue weighted by atomic mass is 9.93. The van der Waals surface area contributed by atoms with Crippen LogP contribution in [0.15, 0.2) is 36.7 Å². The molecule has 2 unspecified atom stereocenters. The smallest absolute Gasteiger partial charge is 0.254 e. The molecule has 0 bridgehead atoms. The van der Waals surface area contributed by atoms with E-state index in [4.69, 9.17) is 4.74 Å². The number of carbonyl (C=O) groups excluding carboxylic acids is 2. The molecule has 0 aliphatic carbocycles. The van der Waals surface area contributed by atoms with Gasteiger partial charge in [0.25, 0.3) is 5.91 Å².